The molecular weight excluding hydrogens is 196 g/mol. The third-order valence-electron chi connectivity index (χ3n) is 4.50. The number of allylic oxidation sites excluding steroid dienone is 2. The molecule has 0 saturated heterocycles. The number of aliphatic hydroxyl groups excluding tert-OH is 1. The van der Waals surface area contributed by atoms with Gasteiger partial charge in [0.1, 0.15) is 0 Å². The third kappa shape index (κ3) is 2.24. The first-order valence-corrected chi connectivity index (χ1v) is 6.44. The fraction of sp³-hybridized carbons (Fsp3) is 0.733. The highest BCUT2D eigenvalue weighted by atomic mass is 16.3. The molecule has 1 saturated carbocycles. The van der Waals surface area contributed by atoms with Gasteiger partial charge < -0.3 is 5.11 Å². The highest BCUT2D eigenvalue weighted by Gasteiger charge is 2.48. The van der Waals surface area contributed by atoms with Crippen LogP contribution < -0.4 is 0 Å². The second-order valence-corrected chi connectivity index (χ2v) is 6.30. The van der Waals surface area contributed by atoms with E-state index in [1.165, 1.54) is 12.0 Å². The Labute approximate surface area is 99.3 Å². The van der Waals surface area contributed by atoms with E-state index >= 15 is 0 Å². The minimum Gasteiger partial charge on any atom is -0.389 e. The largest absolute Gasteiger partial charge is 0.389 e. The van der Waals surface area contributed by atoms with Crippen molar-refractivity contribution in [3.05, 3.63) is 23.8 Å². The van der Waals surface area contributed by atoms with Crippen molar-refractivity contribution in [1.82, 2.24) is 0 Å². The summed E-state index contributed by atoms with van der Waals surface area (Å²) in [5.41, 5.74) is 2.82. The van der Waals surface area contributed by atoms with Crippen molar-refractivity contribution in [1.29, 1.82) is 0 Å². The van der Waals surface area contributed by atoms with E-state index in [2.05, 4.69) is 33.4 Å². The first-order chi connectivity index (χ1) is 7.42. The van der Waals surface area contributed by atoms with E-state index < -0.39 is 0 Å². The van der Waals surface area contributed by atoms with E-state index in [1.54, 1.807) is 0 Å². The molecule has 2 aliphatic rings. The topological polar surface area (TPSA) is 20.2 Å². The summed E-state index contributed by atoms with van der Waals surface area (Å²) in [7, 11) is 0. The quantitative estimate of drug-likeness (QED) is 0.617. The first-order valence-electron chi connectivity index (χ1n) is 6.44. The standard InChI is InChI=1S/C15H24O/c1-10-6-5-7-11(2)14(16)9-15(3,4)13-8-12(10)13/h7,12-14,16H,1,5-6,8-9H2,2-4H3/b11-7-/t12-,13+,14-/m1/s1. The van der Waals surface area contributed by atoms with Crippen LogP contribution in [0.15, 0.2) is 23.8 Å². The van der Waals surface area contributed by atoms with Gasteiger partial charge in [-0.05, 0) is 55.4 Å². The molecule has 1 fully saturated rings. The van der Waals surface area contributed by atoms with Crippen LogP contribution in [0.3, 0.4) is 0 Å². The smallest absolute Gasteiger partial charge is 0.0752 e. The summed E-state index contributed by atoms with van der Waals surface area (Å²) in [6.07, 6.45) is 6.27. The summed E-state index contributed by atoms with van der Waals surface area (Å²) in [6.45, 7) is 10.9. The monoisotopic (exact) mass is 220 g/mol. The van der Waals surface area contributed by atoms with E-state index in [-0.39, 0.29) is 11.5 Å². The molecule has 16 heavy (non-hydrogen) atoms. The number of aliphatic hydroxyl groups is 1. The van der Waals surface area contributed by atoms with Crippen LogP contribution in [0.25, 0.3) is 0 Å². The van der Waals surface area contributed by atoms with Gasteiger partial charge in [0.2, 0.25) is 0 Å². The van der Waals surface area contributed by atoms with Crippen molar-refractivity contribution in [2.45, 2.75) is 52.6 Å². The molecule has 0 aliphatic heterocycles. The highest BCUT2D eigenvalue weighted by Crippen LogP contribution is 2.57. The van der Waals surface area contributed by atoms with E-state index in [0.29, 0.717) is 0 Å². The van der Waals surface area contributed by atoms with Crippen LogP contribution in [0.1, 0.15) is 46.5 Å². The summed E-state index contributed by atoms with van der Waals surface area (Å²) in [5.74, 6) is 1.48. The molecule has 2 rings (SSSR count). The lowest BCUT2D eigenvalue weighted by atomic mass is 9.78. The molecule has 0 radical (unpaired) electrons. The van der Waals surface area contributed by atoms with Gasteiger partial charge >= 0.3 is 0 Å². The second kappa shape index (κ2) is 4.03. The molecule has 0 bridgehead atoms. The van der Waals surface area contributed by atoms with Crippen molar-refractivity contribution < 1.29 is 5.11 Å². The summed E-state index contributed by atoms with van der Waals surface area (Å²) in [6, 6.07) is 0. The second-order valence-electron chi connectivity index (χ2n) is 6.30. The summed E-state index contributed by atoms with van der Waals surface area (Å²) in [4.78, 5) is 0. The lowest BCUT2D eigenvalue weighted by Gasteiger charge is -2.29. The maximum absolute atomic E-state index is 10.1. The van der Waals surface area contributed by atoms with E-state index in [1.807, 2.05) is 0 Å². The Morgan fingerprint density at radius 3 is 2.81 bits per heavy atom. The number of fused-ring (bicyclic) bond motifs is 1. The van der Waals surface area contributed by atoms with Gasteiger partial charge in [0.05, 0.1) is 6.10 Å². The van der Waals surface area contributed by atoms with Gasteiger partial charge in [0.25, 0.3) is 0 Å². The van der Waals surface area contributed by atoms with Crippen molar-refractivity contribution in [2.75, 3.05) is 0 Å². The van der Waals surface area contributed by atoms with Crippen LogP contribution in [0.5, 0.6) is 0 Å². The molecule has 0 aromatic carbocycles. The fourth-order valence-electron chi connectivity index (χ4n) is 3.13. The molecule has 0 aromatic rings. The van der Waals surface area contributed by atoms with Crippen molar-refractivity contribution in [3.63, 3.8) is 0 Å². The zero-order valence-corrected chi connectivity index (χ0v) is 10.8. The molecule has 0 amide bonds. The van der Waals surface area contributed by atoms with Crippen LogP contribution in [0.4, 0.5) is 0 Å². The van der Waals surface area contributed by atoms with Crippen LogP contribution >= 0.6 is 0 Å². The molecule has 1 N–H and O–H groups in total. The summed E-state index contributed by atoms with van der Waals surface area (Å²) in [5, 5.41) is 10.1. The molecule has 0 aromatic heterocycles. The maximum atomic E-state index is 10.1. The lowest BCUT2D eigenvalue weighted by Crippen LogP contribution is -2.24. The fourth-order valence-corrected chi connectivity index (χ4v) is 3.13. The van der Waals surface area contributed by atoms with Gasteiger partial charge in [-0.25, -0.2) is 0 Å². The number of hydrogen-bond donors (Lipinski definition) is 1. The Bertz CT molecular complexity index is 324. The SMILES string of the molecule is C=C1CC/C=C(/C)[C@H](O)CC(C)(C)[C@H]2C[C@H]12. The Morgan fingerprint density at radius 2 is 2.12 bits per heavy atom. The summed E-state index contributed by atoms with van der Waals surface area (Å²) < 4.78 is 0. The predicted molar refractivity (Wildman–Crippen MR) is 68.1 cm³/mol. The van der Waals surface area contributed by atoms with Crippen LogP contribution in [-0.2, 0) is 0 Å². The molecule has 1 nitrogen and oxygen atoms in total. The zero-order chi connectivity index (χ0) is 11.9. The molecule has 3 atom stereocenters. The minimum atomic E-state index is -0.248. The average Bonchev–Trinajstić information content (AvgIpc) is 2.95. The molecule has 2 aliphatic carbocycles. The molecule has 0 spiro atoms. The molecular formula is C15H24O. The highest BCUT2D eigenvalue weighted by molar-refractivity contribution is 5.18. The predicted octanol–water partition coefficient (Wildman–Crippen LogP) is 3.70. The molecule has 0 heterocycles. The molecule has 0 unspecified atom stereocenters. The maximum Gasteiger partial charge on any atom is 0.0752 e. The number of hydrogen-bond acceptors (Lipinski definition) is 1. The van der Waals surface area contributed by atoms with E-state index in [9.17, 15) is 5.11 Å². The Kier molecular flexibility index (Phi) is 3.00. The van der Waals surface area contributed by atoms with Gasteiger partial charge in [-0.15, -0.1) is 0 Å². The molecule has 90 valence electrons. The Hall–Kier alpha value is -0.560. The van der Waals surface area contributed by atoms with E-state index in [0.717, 1.165) is 36.7 Å². The number of rotatable bonds is 0. The van der Waals surface area contributed by atoms with Crippen molar-refractivity contribution >= 4 is 0 Å². The van der Waals surface area contributed by atoms with Gasteiger partial charge in [-0.2, -0.15) is 0 Å². The normalized spacial score (nSPS) is 41.9. The Morgan fingerprint density at radius 1 is 1.44 bits per heavy atom. The van der Waals surface area contributed by atoms with Crippen molar-refractivity contribution in [3.8, 4) is 0 Å². The average molecular weight is 220 g/mol. The van der Waals surface area contributed by atoms with Crippen molar-refractivity contribution in [2.24, 2.45) is 17.3 Å². The Balaban J connectivity index is 2.18. The van der Waals surface area contributed by atoms with Gasteiger partial charge in [-0.3, -0.25) is 0 Å². The van der Waals surface area contributed by atoms with Gasteiger partial charge in [0, 0.05) is 0 Å². The van der Waals surface area contributed by atoms with Crippen LogP contribution in [0, 0.1) is 17.3 Å². The lowest BCUT2D eigenvalue weighted by molar-refractivity contribution is 0.126. The van der Waals surface area contributed by atoms with Crippen LogP contribution in [0.2, 0.25) is 0 Å². The van der Waals surface area contributed by atoms with Gasteiger partial charge in [0.15, 0.2) is 0 Å². The van der Waals surface area contributed by atoms with E-state index in [4.69, 9.17) is 0 Å². The van der Waals surface area contributed by atoms with Gasteiger partial charge in [-0.1, -0.05) is 32.1 Å². The minimum absolute atomic E-state index is 0.248. The van der Waals surface area contributed by atoms with Crippen LogP contribution in [-0.4, -0.2) is 11.2 Å². The third-order valence-corrected chi connectivity index (χ3v) is 4.50. The summed E-state index contributed by atoms with van der Waals surface area (Å²) >= 11 is 0. The first kappa shape index (κ1) is 11.9. The molecule has 1 heteroatoms. The zero-order valence-electron chi connectivity index (χ0n) is 10.8.